The molecule has 2 aromatic rings. The Balaban J connectivity index is 1.47. The van der Waals surface area contributed by atoms with Crippen LogP contribution in [-0.4, -0.2) is 24.0 Å². The Hall–Kier alpha value is -1.72. The van der Waals surface area contributed by atoms with Crippen molar-refractivity contribution in [3.05, 3.63) is 51.5 Å². The van der Waals surface area contributed by atoms with E-state index in [9.17, 15) is 4.79 Å². The standard InChI is InChI=1S/C16H19N3OS/c20-15(18-9-6-12-4-2-1-3-5-12)10-16-19-13-7-8-17-11-14(13)21-16/h1-5,17H,6-11H2,(H,18,20). The van der Waals surface area contributed by atoms with Crippen LogP contribution in [0.3, 0.4) is 0 Å². The molecular formula is C16H19N3OS. The number of carbonyl (C=O) groups is 1. The average molecular weight is 301 g/mol. The van der Waals surface area contributed by atoms with Gasteiger partial charge in [-0.1, -0.05) is 30.3 Å². The maximum atomic E-state index is 12.0. The lowest BCUT2D eigenvalue weighted by molar-refractivity contribution is -0.120. The molecule has 0 saturated heterocycles. The highest BCUT2D eigenvalue weighted by Crippen LogP contribution is 2.21. The van der Waals surface area contributed by atoms with E-state index in [1.54, 1.807) is 11.3 Å². The molecule has 0 saturated carbocycles. The average Bonchev–Trinajstić information content (AvgIpc) is 2.90. The Morgan fingerprint density at radius 3 is 3.00 bits per heavy atom. The van der Waals surface area contributed by atoms with Crippen LogP contribution < -0.4 is 10.6 Å². The van der Waals surface area contributed by atoms with Crippen LogP contribution in [-0.2, 0) is 30.6 Å². The molecule has 1 aliphatic heterocycles. The normalized spacial score (nSPS) is 13.7. The second-order valence-electron chi connectivity index (χ2n) is 5.17. The molecular weight excluding hydrogens is 282 g/mol. The van der Waals surface area contributed by atoms with Crippen LogP contribution in [0.25, 0.3) is 0 Å². The van der Waals surface area contributed by atoms with Crippen molar-refractivity contribution in [2.75, 3.05) is 13.1 Å². The first-order valence-corrected chi connectivity index (χ1v) is 8.12. The highest BCUT2D eigenvalue weighted by molar-refractivity contribution is 7.11. The van der Waals surface area contributed by atoms with Gasteiger partial charge in [0.1, 0.15) is 5.01 Å². The number of nitrogens with one attached hydrogen (secondary N) is 2. The largest absolute Gasteiger partial charge is 0.355 e. The van der Waals surface area contributed by atoms with Crippen molar-refractivity contribution >= 4 is 17.2 Å². The van der Waals surface area contributed by atoms with E-state index >= 15 is 0 Å². The Bertz CT molecular complexity index is 586. The first-order valence-electron chi connectivity index (χ1n) is 7.30. The van der Waals surface area contributed by atoms with Crippen LogP contribution in [0.2, 0.25) is 0 Å². The summed E-state index contributed by atoms with van der Waals surface area (Å²) in [4.78, 5) is 17.8. The lowest BCUT2D eigenvalue weighted by Gasteiger charge is -2.09. The van der Waals surface area contributed by atoms with Gasteiger partial charge in [-0.3, -0.25) is 4.79 Å². The Labute approximate surface area is 128 Å². The third-order valence-electron chi connectivity index (χ3n) is 3.54. The van der Waals surface area contributed by atoms with E-state index in [2.05, 4.69) is 27.8 Å². The van der Waals surface area contributed by atoms with E-state index in [1.165, 1.54) is 16.1 Å². The summed E-state index contributed by atoms with van der Waals surface area (Å²) in [7, 11) is 0. The van der Waals surface area contributed by atoms with Gasteiger partial charge < -0.3 is 10.6 Å². The number of amides is 1. The van der Waals surface area contributed by atoms with Gasteiger partial charge in [-0.15, -0.1) is 11.3 Å². The smallest absolute Gasteiger partial charge is 0.226 e. The summed E-state index contributed by atoms with van der Waals surface area (Å²) in [5, 5.41) is 7.23. The van der Waals surface area contributed by atoms with Crippen molar-refractivity contribution < 1.29 is 4.79 Å². The maximum absolute atomic E-state index is 12.0. The number of nitrogens with zero attached hydrogens (tertiary/aromatic N) is 1. The van der Waals surface area contributed by atoms with Gasteiger partial charge >= 0.3 is 0 Å². The Morgan fingerprint density at radius 2 is 2.19 bits per heavy atom. The molecule has 21 heavy (non-hydrogen) atoms. The summed E-state index contributed by atoms with van der Waals surface area (Å²) in [6.07, 6.45) is 2.23. The number of thiazole rings is 1. The molecule has 1 amide bonds. The molecule has 1 aliphatic rings. The number of benzene rings is 1. The molecule has 0 spiro atoms. The first-order chi connectivity index (χ1) is 10.3. The predicted octanol–water partition coefficient (Wildman–Crippen LogP) is 1.69. The quantitative estimate of drug-likeness (QED) is 0.883. The topological polar surface area (TPSA) is 54.0 Å². The third-order valence-corrected chi connectivity index (χ3v) is 4.63. The molecule has 0 fully saturated rings. The second-order valence-corrected chi connectivity index (χ2v) is 6.33. The maximum Gasteiger partial charge on any atom is 0.226 e. The summed E-state index contributed by atoms with van der Waals surface area (Å²) in [5.74, 6) is 0.0602. The minimum absolute atomic E-state index is 0.0602. The fourth-order valence-corrected chi connectivity index (χ4v) is 3.53. The SMILES string of the molecule is O=C(Cc1nc2c(s1)CNCC2)NCCc1ccccc1. The van der Waals surface area contributed by atoms with Crippen molar-refractivity contribution in [2.24, 2.45) is 0 Å². The third kappa shape index (κ3) is 3.89. The monoisotopic (exact) mass is 301 g/mol. The molecule has 0 radical (unpaired) electrons. The number of rotatable bonds is 5. The molecule has 0 atom stereocenters. The van der Waals surface area contributed by atoms with Gasteiger partial charge in [0.05, 0.1) is 12.1 Å². The fourth-order valence-electron chi connectivity index (χ4n) is 2.45. The van der Waals surface area contributed by atoms with Crippen LogP contribution in [0, 0.1) is 0 Å². The van der Waals surface area contributed by atoms with E-state index in [-0.39, 0.29) is 5.91 Å². The number of aromatic nitrogens is 1. The summed E-state index contributed by atoms with van der Waals surface area (Å²) in [6, 6.07) is 10.2. The first kappa shape index (κ1) is 14.2. The van der Waals surface area contributed by atoms with Crippen molar-refractivity contribution in [3.63, 3.8) is 0 Å². The van der Waals surface area contributed by atoms with Gasteiger partial charge in [-0.05, 0) is 12.0 Å². The van der Waals surface area contributed by atoms with Crippen LogP contribution in [0.15, 0.2) is 30.3 Å². The molecule has 0 bridgehead atoms. The van der Waals surface area contributed by atoms with E-state index in [0.717, 1.165) is 30.9 Å². The molecule has 2 heterocycles. The highest BCUT2D eigenvalue weighted by atomic mass is 32.1. The zero-order valence-corrected chi connectivity index (χ0v) is 12.7. The van der Waals surface area contributed by atoms with Crippen molar-refractivity contribution in [1.82, 2.24) is 15.6 Å². The molecule has 3 rings (SSSR count). The molecule has 0 aliphatic carbocycles. The van der Waals surface area contributed by atoms with Gasteiger partial charge in [-0.25, -0.2) is 4.98 Å². The lowest BCUT2D eigenvalue weighted by atomic mass is 10.1. The van der Waals surface area contributed by atoms with Crippen LogP contribution in [0.4, 0.5) is 0 Å². The molecule has 110 valence electrons. The van der Waals surface area contributed by atoms with Gasteiger partial charge in [0.25, 0.3) is 0 Å². The number of fused-ring (bicyclic) bond motifs is 1. The molecule has 4 nitrogen and oxygen atoms in total. The minimum atomic E-state index is 0.0602. The van der Waals surface area contributed by atoms with Gasteiger partial charge in [0, 0.05) is 30.9 Å². The van der Waals surface area contributed by atoms with Crippen molar-refractivity contribution in [1.29, 1.82) is 0 Å². The van der Waals surface area contributed by atoms with Gasteiger partial charge in [0.15, 0.2) is 0 Å². The lowest BCUT2D eigenvalue weighted by Crippen LogP contribution is -2.27. The van der Waals surface area contributed by atoms with Crippen LogP contribution >= 0.6 is 11.3 Å². The summed E-state index contributed by atoms with van der Waals surface area (Å²) in [5.41, 5.74) is 2.42. The van der Waals surface area contributed by atoms with E-state index in [4.69, 9.17) is 0 Å². The summed E-state index contributed by atoms with van der Waals surface area (Å²) < 4.78 is 0. The fraction of sp³-hybridized carbons (Fsp3) is 0.375. The van der Waals surface area contributed by atoms with Crippen molar-refractivity contribution in [3.8, 4) is 0 Å². The molecule has 1 aromatic carbocycles. The minimum Gasteiger partial charge on any atom is -0.355 e. The highest BCUT2D eigenvalue weighted by Gasteiger charge is 2.16. The van der Waals surface area contributed by atoms with Gasteiger partial charge in [0.2, 0.25) is 5.91 Å². The molecule has 1 aromatic heterocycles. The zero-order valence-electron chi connectivity index (χ0n) is 11.9. The van der Waals surface area contributed by atoms with E-state index < -0.39 is 0 Å². The number of hydrogen-bond acceptors (Lipinski definition) is 4. The zero-order chi connectivity index (χ0) is 14.5. The molecule has 5 heteroatoms. The summed E-state index contributed by atoms with van der Waals surface area (Å²) >= 11 is 1.66. The Kier molecular flexibility index (Phi) is 4.62. The number of carbonyl (C=O) groups excluding carboxylic acids is 1. The van der Waals surface area contributed by atoms with Crippen molar-refractivity contribution in [2.45, 2.75) is 25.8 Å². The summed E-state index contributed by atoms with van der Waals surface area (Å²) in [6.45, 7) is 2.55. The van der Waals surface area contributed by atoms with E-state index in [1.807, 2.05) is 18.2 Å². The second kappa shape index (κ2) is 6.83. The van der Waals surface area contributed by atoms with Crippen LogP contribution in [0.1, 0.15) is 21.1 Å². The van der Waals surface area contributed by atoms with Gasteiger partial charge in [-0.2, -0.15) is 0 Å². The molecule has 2 N–H and O–H groups in total. The number of hydrogen-bond donors (Lipinski definition) is 2. The predicted molar refractivity (Wildman–Crippen MR) is 84.4 cm³/mol. The van der Waals surface area contributed by atoms with Crippen LogP contribution in [0.5, 0.6) is 0 Å². The molecule has 0 unspecified atom stereocenters. The van der Waals surface area contributed by atoms with E-state index in [0.29, 0.717) is 13.0 Å². The Morgan fingerprint density at radius 1 is 1.33 bits per heavy atom.